The number of aryl methyl sites for hydroxylation is 1. The lowest BCUT2D eigenvalue weighted by molar-refractivity contribution is 0.0953. The molecule has 3 aromatic rings. The molecule has 1 aliphatic heterocycles. The number of anilines is 1. The molecule has 0 saturated carbocycles. The monoisotopic (exact) mass is 461 g/mol. The summed E-state index contributed by atoms with van der Waals surface area (Å²) < 4.78 is 10.6. The topological polar surface area (TPSA) is 89.0 Å². The number of hydrogen-bond acceptors (Lipinski definition) is 6. The van der Waals surface area contributed by atoms with Gasteiger partial charge in [-0.1, -0.05) is 12.1 Å². The van der Waals surface area contributed by atoms with Gasteiger partial charge in [-0.2, -0.15) is 5.10 Å². The van der Waals surface area contributed by atoms with E-state index in [9.17, 15) is 9.59 Å². The number of nitrogens with one attached hydrogen (secondary N) is 2. The number of rotatable bonds is 5. The third-order valence-electron chi connectivity index (χ3n) is 5.83. The summed E-state index contributed by atoms with van der Waals surface area (Å²) >= 11 is 1.66. The minimum absolute atomic E-state index is 0.165. The lowest BCUT2D eigenvalue weighted by Crippen LogP contribution is -2.20. The Bertz CT molecular complexity index is 1250. The van der Waals surface area contributed by atoms with Crippen molar-refractivity contribution in [3.63, 3.8) is 0 Å². The van der Waals surface area contributed by atoms with Crippen LogP contribution in [0.25, 0.3) is 0 Å². The first-order chi connectivity index (χ1) is 16.1. The smallest absolute Gasteiger partial charge is 0.272 e. The number of ether oxygens (including phenoxy) is 2. The third-order valence-corrected chi connectivity index (χ3v) is 6.92. The SMILES string of the molecule is CC(=NNC(=O)c1csc2c1CCCC2)c1ccc(NC(=O)c2ccc3c(c2)OCO3)cc1. The molecule has 2 aliphatic rings. The fraction of sp³-hybridized carbons (Fsp3) is 0.240. The van der Waals surface area contributed by atoms with E-state index < -0.39 is 0 Å². The van der Waals surface area contributed by atoms with E-state index >= 15 is 0 Å². The Labute approximate surface area is 195 Å². The van der Waals surface area contributed by atoms with Crippen LogP contribution in [0.4, 0.5) is 5.69 Å². The summed E-state index contributed by atoms with van der Waals surface area (Å²) in [6, 6.07) is 12.4. The summed E-state index contributed by atoms with van der Waals surface area (Å²) in [5.41, 5.74) is 7.28. The summed E-state index contributed by atoms with van der Waals surface area (Å²) in [6.45, 7) is 2.00. The number of hydrazone groups is 1. The summed E-state index contributed by atoms with van der Waals surface area (Å²) in [7, 11) is 0. The van der Waals surface area contributed by atoms with Crippen molar-refractivity contribution < 1.29 is 19.1 Å². The number of nitrogens with zero attached hydrogens (tertiary/aromatic N) is 1. The van der Waals surface area contributed by atoms with Crippen molar-refractivity contribution in [2.75, 3.05) is 12.1 Å². The van der Waals surface area contributed by atoms with Gasteiger partial charge in [0, 0.05) is 21.5 Å². The molecule has 8 heteroatoms. The maximum Gasteiger partial charge on any atom is 0.272 e. The first-order valence-electron chi connectivity index (χ1n) is 10.8. The van der Waals surface area contributed by atoms with Gasteiger partial charge < -0.3 is 14.8 Å². The number of amides is 2. The molecule has 2 amide bonds. The Morgan fingerprint density at radius 3 is 2.55 bits per heavy atom. The van der Waals surface area contributed by atoms with Gasteiger partial charge in [0.05, 0.1) is 11.3 Å². The van der Waals surface area contributed by atoms with Crippen molar-refractivity contribution in [2.45, 2.75) is 32.6 Å². The molecule has 5 rings (SSSR count). The predicted octanol–water partition coefficient (Wildman–Crippen LogP) is 4.76. The fourth-order valence-corrected chi connectivity index (χ4v) is 5.11. The highest BCUT2D eigenvalue weighted by Gasteiger charge is 2.20. The highest BCUT2D eigenvalue weighted by molar-refractivity contribution is 7.10. The van der Waals surface area contributed by atoms with E-state index in [0.29, 0.717) is 28.5 Å². The standard InChI is InChI=1S/C25H23N3O4S/c1-15(27-28-25(30)20-13-33-23-5-3-2-4-19(20)23)16-6-9-18(10-7-16)26-24(29)17-8-11-21-22(12-17)32-14-31-21/h6-13H,2-5,14H2,1H3,(H,26,29)(H,28,30). The van der Waals surface area contributed by atoms with Crippen molar-refractivity contribution in [3.8, 4) is 11.5 Å². The summed E-state index contributed by atoms with van der Waals surface area (Å²) in [5.74, 6) is 0.797. The van der Waals surface area contributed by atoms with E-state index in [-0.39, 0.29) is 18.6 Å². The number of fused-ring (bicyclic) bond motifs is 2. The van der Waals surface area contributed by atoms with E-state index in [0.717, 1.165) is 30.4 Å². The van der Waals surface area contributed by atoms with Gasteiger partial charge in [-0.05, 0) is 74.1 Å². The van der Waals surface area contributed by atoms with Crippen molar-refractivity contribution >= 4 is 34.6 Å². The Morgan fingerprint density at radius 1 is 0.939 bits per heavy atom. The Kier molecular flexibility index (Phi) is 5.83. The molecular formula is C25H23N3O4S. The van der Waals surface area contributed by atoms with Gasteiger partial charge in [-0.25, -0.2) is 5.43 Å². The van der Waals surface area contributed by atoms with Gasteiger partial charge in [0.2, 0.25) is 6.79 Å². The van der Waals surface area contributed by atoms with Gasteiger partial charge in [-0.3, -0.25) is 9.59 Å². The van der Waals surface area contributed by atoms with E-state index in [1.54, 1.807) is 41.7 Å². The number of benzene rings is 2. The molecule has 33 heavy (non-hydrogen) atoms. The molecule has 0 unspecified atom stereocenters. The quantitative estimate of drug-likeness (QED) is 0.423. The highest BCUT2D eigenvalue weighted by atomic mass is 32.1. The number of hydrogen-bond donors (Lipinski definition) is 2. The van der Waals surface area contributed by atoms with Crippen LogP contribution in [0, 0.1) is 0 Å². The second-order valence-electron chi connectivity index (χ2n) is 8.00. The molecule has 168 valence electrons. The fourth-order valence-electron chi connectivity index (χ4n) is 3.98. The Hall–Kier alpha value is -3.65. The maximum atomic E-state index is 12.6. The number of thiophene rings is 1. The minimum Gasteiger partial charge on any atom is -0.454 e. The molecule has 7 nitrogen and oxygen atoms in total. The van der Waals surface area contributed by atoms with Crippen LogP contribution in [-0.4, -0.2) is 24.3 Å². The summed E-state index contributed by atoms with van der Waals surface area (Å²) in [6.07, 6.45) is 4.35. The Morgan fingerprint density at radius 2 is 1.70 bits per heavy atom. The van der Waals surface area contributed by atoms with Crippen LogP contribution in [-0.2, 0) is 12.8 Å². The maximum absolute atomic E-state index is 12.6. The molecule has 2 aromatic carbocycles. The lowest BCUT2D eigenvalue weighted by Gasteiger charge is -2.12. The van der Waals surface area contributed by atoms with Gasteiger partial charge in [-0.15, -0.1) is 11.3 Å². The van der Waals surface area contributed by atoms with Crippen LogP contribution in [0.15, 0.2) is 52.9 Å². The van der Waals surface area contributed by atoms with Crippen molar-refractivity contribution in [3.05, 3.63) is 75.0 Å². The minimum atomic E-state index is -0.238. The van der Waals surface area contributed by atoms with Gasteiger partial charge in [0.15, 0.2) is 11.5 Å². The average Bonchev–Trinajstić information content (AvgIpc) is 3.49. The van der Waals surface area contributed by atoms with E-state index in [1.165, 1.54) is 16.9 Å². The van der Waals surface area contributed by atoms with Crippen LogP contribution in [0.3, 0.4) is 0 Å². The van der Waals surface area contributed by atoms with Crippen molar-refractivity contribution in [1.29, 1.82) is 0 Å². The van der Waals surface area contributed by atoms with E-state index in [2.05, 4.69) is 15.8 Å². The normalized spacial score (nSPS) is 14.5. The van der Waals surface area contributed by atoms with Gasteiger partial charge in [0.1, 0.15) is 0 Å². The van der Waals surface area contributed by atoms with Crippen LogP contribution < -0.4 is 20.2 Å². The molecular weight excluding hydrogens is 438 g/mol. The summed E-state index contributed by atoms with van der Waals surface area (Å²) in [5, 5.41) is 9.09. The first kappa shape index (κ1) is 21.2. The van der Waals surface area contributed by atoms with Gasteiger partial charge in [0.25, 0.3) is 11.8 Å². The van der Waals surface area contributed by atoms with Crippen LogP contribution in [0.1, 0.15) is 56.5 Å². The largest absolute Gasteiger partial charge is 0.454 e. The average molecular weight is 462 g/mol. The third kappa shape index (κ3) is 4.47. The molecule has 0 radical (unpaired) electrons. The molecule has 0 spiro atoms. The molecule has 1 aliphatic carbocycles. The van der Waals surface area contributed by atoms with Crippen molar-refractivity contribution in [2.24, 2.45) is 5.10 Å². The zero-order valence-corrected chi connectivity index (χ0v) is 19.0. The molecule has 0 fully saturated rings. The number of carbonyl (C=O) groups excluding carboxylic acids is 2. The molecule has 0 atom stereocenters. The second kappa shape index (κ2) is 9.07. The predicted molar refractivity (Wildman–Crippen MR) is 128 cm³/mol. The lowest BCUT2D eigenvalue weighted by atomic mass is 9.96. The summed E-state index contributed by atoms with van der Waals surface area (Å²) in [4.78, 5) is 26.5. The van der Waals surface area contributed by atoms with Crippen molar-refractivity contribution in [1.82, 2.24) is 5.43 Å². The zero-order chi connectivity index (χ0) is 22.8. The zero-order valence-electron chi connectivity index (χ0n) is 18.1. The van der Waals surface area contributed by atoms with Crippen LogP contribution in [0.2, 0.25) is 0 Å². The van der Waals surface area contributed by atoms with E-state index in [4.69, 9.17) is 9.47 Å². The number of carbonyl (C=O) groups is 2. The highest BCUT2D eigenvalue weighted by Crippen LogP contribution is 2.33. The first-order valence-corrected chi connectivity index (χ1v) is 11.7. The molecule has 2 N–H and O–H groups in total. The van der Waals surface area contributed by atoms with E-state index in [1.807, 2.05) is 24.4 Å². The molecule has 2 heterocycles. The molecule has 1 aromatic heterocycles. The van der Waals surface area contributed by atoms with Crippen LogP contribution in [0.5, 0.6) is 11.5 Å². The molecule has 0 saturated heterocycles. The second-order valence-corrected chi connectivity index (χ2v) is 8.96. The molecule has 0 bridgehead atoms. The Balaban J connectivity index is 1.21. The van der Waals surface area contributed by atoms with Gasteiger partial charge >= 0.3 is 0 Å². The van der Waals surface area contributed by atoms with Crippen LogP contribution >= 0.6 is 11.3 Å².